The average Bonchev–Trinajstić information content (AvgIpc) is 3.23. The summed E-state index contributed by atoms with van der Waals surface area (Å²) in [5.41, 5.74) is 7.18. The Morgan fingerprint density at radius 2 is 2.05 bits per heavy atom. The maximum absolute atomic E-state index is 12.9. The maximum Gasteiger partial charge on any atom is 0.401 e. The van der Waals surface area contributed by atoms with Crippen LogP contribution in [0.15, 0.2) is 35.3 Å². The molecule has 0 bridgehead atoms. The molecule has 1 aliphatic rings. The number of pyridine rings is 1. The number of rotatable bonds is 8. The van der Waals surface area contributed by atoms with Crippen LogP contribution in [0.3, 0.4) is 0 Å². The third kappa shape index (κ3) is 7.31. The minimum Gasteiger partial charge on any atom is -0.458 e. The molecule has 10 nitrogen and oxygen atoms in total. The fourth-order valence-corrected chi connectivity index (χ4v) is 5.05. The normalized spacial score (nSPS) is 20.6. The highest BCUT2D eigenvalue weighted by molar-refractivity contribution is 5.91. The van der Waals surface area contributed by atoms with Crippen molar-refractivity contribution in [3.05, 3.63) is 51.9 Å². The first kappa shape index (κ1) is 31.5. The van der Waals surface area contributed by atoms with Gasteiger partial charge in [-0.05, 0) is 83.8 Å². The minimum atomic E-state index is -4.30. The number of alkyl halides is 3. The Bertz CT molecular complexity index is 1490. The van der Waals surface area contributed by atoms with E-state index in [2.05, 4.69) is 15.4 Å². The number of hydrogen-bond donors (Lipinski definition) is 3. The fourth-order valence-electron chi connectivity index (χ4n) is 5.05. The summed E-state index contributed by atoms with van der Waals surface area (Å²) in [6, 6.07) is 7.03. The van der Waals surface area contributed by atoms with Crippen LogP contribution in [0, 0.1) is 12.8 Å². The largest absolute Gasteiger partial charge is 0.458 e. The molecule has 0 aliphatic carbocycles. The van der Waals surface area contributed by atoms with Gasteiger partial charge in [0.15, 0.2) is 11.4 Å². The van der Waals surface area contributed by atoms with Crippen LogP contribution in [0.25, 0.3) is 10.9 Å². The Balaban J connectivity index is 1.56. The molecule has 42 heavy (non-hydrogen) atoms. The Labute approximate surface area is 242 Å². The van der Waals surface area contributed by atoms with Gasteiger partial charge < -0.3 is 25.5 Å². The number of anilines is 2. The molecule has 230 valence electrons. The molecule has 0 radical (unpaired) electrons. The van der Waals surface area contributed by atoms with Crippen LogP contribution in [0.4, 0.5) is 24.7 Å². The highest BCUT2D eigenvalue weighted by Crippen LogP contribution is 2.35. The van der Waals surface area contributed by atoms with E-state index < -0.39 is 36.1 Å². The van der Waals surface area contributed by atoms with E-state index in [1.807, 2.05) is 6.92 Å². The zero-order chi connectivity index (χ0) is 31.0. The molecule has 13 heteroatoms. The number of esters is 1. The van der Waals surface area contributed by atoms with E-state index in [0.717, 1.165) is 5.56 Å². The number of fused-ring (bicyclic) bond motifs is 1. The number of aromatic amines is 1. The molecule has 3 heterocycles. The predicted octanol–water partition coefficient (Wildman–Crippen LogP) is 4.76. The number of carbonyl (C=O) groups excluding carboxylic acids is 1. The Kier molecular flexibility index (Phi) is 8.77. The van der Waals surface area contributed by atoms with E-state index in [-0.39, 0.29) is 30.4 Å². The summed E-state index contributed by atoms with van der Waals surface area (Å²) in [7, 11) is 1.41. The minimum absolute atomic E-state index is 0.0887. The van der Waals surface area contributed by atoms with E-state index in [1.165, 1.54) is 18.1 Å². The molecule has 4 N–H and O–H groups in total. The van der Waals surface area contributed by atoms with Crippen LogP contribution in [-0.4, -0.2) is 63.2 Å². The van der Waals surface area contributed by atoms with Crippen molar-refractivity contribution in [3.63, 3.8) is 0 Å². The molecule has 3 atom stereocenters. The van der Waals surface area contributed by atoms with Crippen LogP contribution < -0.4 is 16.6 Å². The van der Waals surface area contributed by atoms with Gasteiger partial charge in [0.1, 0.15) is 17.2 Å². The fraction of sp³-hybridized carbons (Fsp3) is 0.552. The molecular formula is C29H39F3N6O4. The second kappa shape index (κ2) is 11.7. The van der Waals surface area contributed by atoms with Crippen molar-refractivity contribution in [1.82, 2.24) is 19.7 Å². The quantitative estimate of drug-likeness (QED) is 0.320. The number of benzene rings is 1. The summed E-state index contributed by atoms with van der Waals surface area (Å²) in [6.07, 6.45) is -2.49. The average molecular weight is 593 g/mol. The molecule has 0 amide bonds. The van der Waals surface area contributed by atoms with E-state index in [9.17, 15) is 22.8 Å². The van der Waals surface area contributed by atoms with Gasteiger partial charge in [-0.15, -0.1) is 0 Å². The lowest BCUT2D eigenvalue weighted by Crippen LogP contribution is -2.49. The number of aromatic nitrogens is 3. The summed E-state index contributed by atoms with van der Waals surface area (Å²) in [6.45, 7) is 8.19. The van der Waals surface area contributed by atoms with Crippen LogP contribution in [-0.2, 0) is 20.8 Å². The van der Waals surface area contributed by atoms with Crippen molar-refractivity contribution in [2.75, 3.05) is 25.5 Å². The SMILES string of the molecule is Cc1ccc(Nc2nn(C(N)[C@H]3CCC(C)(C(=O)OC(C)(C)C)OC3)c3cc[nH]c(=O)c23)cc1CN(C)CC(F)(F)F. The van der Waals surface area contributed by atoms with Crippen LogP contribution in [0.2, 0.25) is 0 Å². The lowest BCUT2D eigenvalue weighted by molar-refractivity contribution is -0.191. The number of ether oxygens (including phenoxy) is 2. The first-order valence-corrected chi connectivity index (χ1v) is 13.8. The highest BCUT2D eigenvalue weighted by Gasteiger charge is 2.43. The van der Waals surface area contributed by atoms with Gasteiger partial charge in [-0.3, -0.25) is 9.69 Å². The lowest BCUT2D eigenvalue weighted by Gasteiger charge is -2.39. The van der Waals surface area contributed by atoms with E-state index >= 15 is 0 Å². The number of halogens is 3. The predicted molar refractivity (Wildman–Crippen MR) is 153 cm³/mol. The maximum atomic E-state index is 12.9. The summed E-state index contributed by atoms with van der Waals surface area (Å²) >= 11 is 0. The molecule has 1 saturated heterocycles. The van der Waals surface area contributed by atoms with Crippen molar-refractivity contribution in [1.29, 1.82) is 0 Å². The number of aryl methyl sites for hydroxylation is 1. The van der Waals surface area contributed by atoms with Gasteiger partial charge in [0.25, 0.3) is 5.56 Å². The second-order valence-corrected chi connectivity index (χ2v) is 12.2. The lowest BCUT2D eigenvalue weighted by atomic mass is 9.88. The Morgan fingerprint density at radius 3 is 2.67 bits per heavy atom. The smallest absolute Gasteiger partial charge is 0.401 e. The third-order valence-electron chi connectivity index (χ3n) is 7.34. The first-order valence-electron chi connectivity index (χ1n) is 13.8. The summed E-state index contributed by atoms with van der Waals surface area (Å²) in [5, 5.41) is 8.11. The summed E-state index contributed by atoms with van der Waals surface area (Å²) in [5.74, 6) is -0.367. The Morgan fingerprint density at radius 1 is 1.33 bits per heavy atom. The van der Waals surface area contributed by atoms with Crippen LogP contribution in [0.5, 0.6) is 0 Å². The van der Waals surface area contributed by atoms with Crippen molar-refractivity contribution >= 4 is 28.4 Å². The molecule has 2 aromatic heterocycles. The van der Waals surface area contributed by atoms with Crippen molar-refractivity contribution in [2.24, 2.45) is 11.7 Å². The van der Waals surface area contributed by atoms with Gasteiger partial charge in [0.2, 0.25) is 0 Å². The molecule has 0 spiro atoms. The zero-order valence-electron chi connectivity index (χ0n) is 24.8. The standard InChI is InChI=1S/C29H39F3N6O4/c1-17-7-8-20(13-19(17)14-37(6)16-29(30,31)32)35-24-22-21(10-12-34-25(22)39)38(36-24)23(33)18-9-11-28(5,41-15-18)26(40)42-27(2,3)4/h7-8,10,12-13,18,23H,9,11,14-16,33H2,1-6H3,(H,34,39)(H,35,36)/t18-,23?,28?/m0/s1. The topological polar surface area (TPSA) is 127 Å². The van der Waals surface area contributed by atoms with Gasteiger partial charge in [-0.2, -0.15) is 18.3 Å². The number of nitrogens with two attached hydrogens (primary N) is 1. The third-order valence-corrected chi connectivity index (χ3v) is 7.34. The van der Waals surface area contributed by atoms with Crippen molar-refractivity contribution in [2.45, 2.75) is 77.5 Å². The zero-order valence-corrected chi connectivity index (χ0v) is 24.8. The summed E-state index contributed by atoms with van der Waals surface area (Å²) < 4.78 is 51.7. The number of carbonyl (C=O) groups is 1. The van der Waals surface area contributed by atoms with Gasteiger partial charge >= 0.3 is 12.1 Å². The molecule has 1 aliphatic heterocycles. The van der Waals surface area contributed by atoms with E-state index in [1.54, 1.807) is 56.6 Å². The van der Waals surface area contributed by atoms with Crippen LogP contribution >= 0.6 is 0 Å². The van der Waals surface area contributed by atoms with Gasteiger partial charge in [-0.1, -0.05) is 6.07 Å². The van der Waals surface area contributed by atoms with E-state index in [4.69, 9.17) is 15.2 Å². The molecule has 1 fully saturated rings. The van der Waals surface area contributed by atoms with Gasteiger partial charge in [0, 0.05) is 24.3 Å². The summed E-state index contributed by atoms with van der Waals surface area (Å²) in [4.78, 5) is 29.5. The van der Waals surface area contributed by atoms with Crippen molar-refractivity contribution in [3.8, 4) is 0 Å². The Hall–Kier alpha value is -3.42. The molecule has 4 rings (SSSR count). The van der Waals surface area contributed by atoms with Crippen molar-refractivity contribution < 1.29 is 27.4 Å². The van der Waals surface area contributed by atoms with Gasteiger partial charge in [-0.25, -0.2) is 9.48 Å². The highest BCUT2D eigenvalue weighted by atomic mass is 19.4. The van der Waals surface area contributed by atoms with Gasteiger partial charge in [0.05, 0.1) is 18.7 Å². The number of nitrogens with one attached hydrogen (secondary N) is 2. The molecule has 0 saturated carbocycles. The second-order valence-electron chi connectivity index (χ2n) is 12.2. The molecule has 3 aromatic rings. The molecule has 1 aromatic carbocycles. The first-order chi connectivity index (χ1) is 19.5. The number of hydrogen-bond acceptors (Lipinski definition) is 8. The van der Waals surface area contributed by atoms with Crippen LogP contribution in [0.1, 0.15) is 57.8 Å². The number of H-pyrrole nitrogens is 1. The molecular weight excluding hydrogens is 553 g/mol. The molecule has 2 unspecified atom stereocenters. The monoisotopic (exact) mass is 592 g/mol. The number of nitrogens with zero attached hydrogens (tertiary/aromatic N) is 3. The van der Waals surface area contributed by atoms with E-state index in [0.29, 0.717) is 35.0 Å².